The van der Waals surface area contributed by atoms with Crippen molar-refractivity contribution in [3.05, 3.63) is 83.4 Å². The molecule has 2 aliphatic heterocycles. The van der Waals surface area contributed by atoms with Gasteiger partial charge in [-0.05, 0) is 61.6 Å². The number of benzene rings is 2. The second-order valence-corrected chi connectivity index (χ2v) is 11.8. The number of hydrogen-bond acceptors (Lipinski definition) is 8. The van der Waals surface area contributed by atoms with E-state index >= 15 is 0 Å². The van der Waals surface area contributed by atoms with E-state index in [4.69, 9.17) is 14.2 Å². The molecule has 4 rings (SSSR count). The van der Waals surface area contributed by atoms with Gasteiger partial charge in [-0.15, -0.1) is 0 Å². The summed E-state index contributed by atoms with van der Waals surface area (Å²) in [6.45, 7) is 9.21. The normalized spacial score (nSPS) is 18.3. The Morgan fingerprint density at radius 3 is 1.98 bits per heavy atom. The largest absolute Gasteiger partial charge is 0.463 e. The summed E-state index contributed by atoms with van der Waals surface area (Å²) in [5.74, 6) is -1.35. The zero-order valence-corrected chi connectivity index (χ0v) is 25.1. The van der Waals surface area contributed by atoms with Crippen LogP contribution in [0.15, 0.2) is 66.7 Å². The van der Waals surface area contributed by atoms with Crippen LogP contribution in [0.2, 0.25) is 0 Å². The molecule has 2 aromatic rings. The van der Waals surface area contributed by atoms with Crippen molar-refractivity contribution in [1.29, 1.82) is 0 Å². The van der Waals surface area contributed by atoms with Gasteiger partial charge in [-0.3, -0.25) is 4.79 Å². The summed E-state index contributed by atoms with van der Waals surface area (Å²) >= 11 is 0. The maximum Gasteiger partial charge on any atom is 0.331 e. The molecule has 0 radical (unpaired) electrons. The summed E-state index contributed by atoms with van der Waals surface area (Å²) in [5.41, 5.74) is 1.27. The maximum atomic E-state index is 13.3. The van der Waals surface area contributed by atoms with Gasteiger partial charge in [-0.25, -0.2) is 9.59 Å². The van der Waals surface area contributed by atoms with Crippen LogP contribution in [0.1, 0.15) is 76.0 Å². The molecule has 0 atom stereocenters. The van der Waals surface area contributed by atoms with E-state index in [1.165, 1.54) is 0 Å². The van der Waals surface area contributed by atoms with Gasteiger partial charge in [0.1, 0.15) is 11.2 Å². The van der Waals surface area contributed by atoms with Crippen molar-refractivity contribution in [2.75, 3.05) is 32.8 Å². The average molecular weight is 577 g/mol. The van der Waals surface area contributed by atoms with Gasteiger partial charge in [0.25, 0.3) is 0 Å². The molecule has 2 saturated heterocycles. The minimum atomic E-state index is -0.816. The van der Waals surface area contributed by atoms with Crippen molar-refractivity contribution in [1.82, 2.24) is 10.6 Å². The zero-order valence-electron chi connectivity index (χ0n) is 25.1. The predicted molar refractivity (Wildman–Crippen MR) is 161 cm³/mol. The predicted octanol–water partition coefficient (Wildman–Crippen LogP) is 4.81. The number of hydrogen-bond donors (Lipinski definition) is 2. The Bertz CT molecular complexity index is 1240. The molecule has 0 amide bonds. The van der Waals surface area contributed by atoms with Crippen LogP contribution >= 0.6 is 0 Å². The molecule has 226 valence electrons. The van der Waals surface area contributed by atoms with Crippen LogP contribution < -0.4 is 10.6 Å². The third-order valence-electron chi connectivity index (χ3n) is 8.49. The van der Waals surface area contributed by atoms with Crippen molar-refractivity contribution in [2.45, 2.75) is 75.9 Å². The fourth-order valence-electron chi connectivity index (χ4n) is 5.91. The summed E-state index contributed by atoms with van der Waals surface area (Å²) < 4.78 is 17.2. The summed E-state index contributed by atoms with van der Waals surface area (Å²) in [6.07, 6.45) is 5.85. The Balaban J connectivity index is 1.47. The van der Waals surface area contributed by atoms with E-state index in [2.05, 4.69) is 36.6 Å². The molecule has 0 unspecified atom stereocenters. The lowest BCUT2D eigenvalue weighted by Gasteiger charge is -2.38. The minimum Gasteiger partial charge on any atom is -0.463 e. The molecular formula is C34H44N2O6. The third kappa shape index (κ3) is 7.86. The highest BCUT2D eigenvalue weighted by atomic mass is 16.6. The smallest absolute Gasteiger partial charge is 0.331 e. The van der Waals surface area contributed by atoms with E-state index in [1.807, 2.05) is 42.5 Å². The van der Waals surface area contributed by atoms with Crippen LogP contribution in [-0.4, -0.2) is 50.7 Å². The number of carbonyl (C=O) groups is 3. The van der Waals surface area contributed by atoms with E-state index in [0.29, 0.717) is 38.8 Å². The van der Waals surface area contributed by atoms with Gasteiger partial charge >= 0.3 is 17.9 Å². The molecule has 0 aromatic heterocycles. The van der Waals surface area contributed by atoms with Crippen LogP contribution in [0.5, 0.6) is 0 Å². The lowest BCUT2D eigenvalue weighted by atomic mass is 9.77. The Hall–Kier alpha value is -3.49. The molecule has 0 spiro atoms. The van der Waals surface area contributed by atoms with Gasteiger partial charge in [-0.2, -0.15) is 0 Å². The highest BCUT2D eigenvalue weighted by molar-refractivity contribution is 5.91. The molecule has 0 aliphatic carbocycles. The quantitative estimate of drug-likeness (QED) is 0.223. The number of carbonyl (C=O) groups excluding carboxylic acids is 3. The maximum absolute atomic E-state index is 13.3. The minimum absolute atomic E-state index is 0.192. The van der Waals surface area contributed by atoms with Gasteiger partial charge in [-0.1, -0.05) is 68.4 Å². The molecule has 2 N–H and O–H groups in total. The van der Waals surface area contributed by atoms with Crippen molar-refractivity contribution >= 4 is 17.9 Å². The topological polar surface area (TPSA) is 103 Å². The summed E-state index contributed by atoms with van der Waals surface area (Å²) in [7, 11) is 0. The molecule has 2 aromatic carbocycles. The molecule has 2 heterocycles. The molecule has 2 fully saturated rings. The molecular weight excluding hydrogens is 532 g/mol. The van der Waals surface area contributed by atoms with E-state index in [1.54, 1.807) is 6.92 Å². The van der Waals surface area contributed by atoms with E-state index < -0.39 is 23.1 Å². The first-order chi connectivity index (χ1) is 20.2. The second-order valence-electron chi connectivity index (χ2n) is 11.8. The highest BCUT2D eigenvalue weighted by Gasteiger charge is 2.40. The Morgan fingerprint density at radius 2 is 1.36 bits per heavy atom. The van der Waals surface area contributed by atoms with Crippen LogP contribution in [0.4, 0.5) is 0 Å². The van der Waals surface area contributed by atoms with Gasteiger partial charge in [0.2, 0.25) is 0 Å². The number of piperidine rings is 2. The van der Waals surface area contributed by atoms with Crippen LogP contribution in [0.25, 0.3) is 0 Å². The van der Waals surface area contributed by atoms with Crippen molar-refractivity contribution < 1.29 is 28.6 Å². The number of esters is 3. The molecule has 42 heavy (non-hydrogen) atoms. The molecule has 2 aliphatic rings. The van der Waals surface area contributed by atoms with Crippen molar-refractivity contribution in [3.63, 3.8) is 0 Å². The highest BCUT2D eigenvalue weighted by Crippen LogP contribution is 2.39. The van der Waals surface area contributed by atoms with E-state index in [-0.39, 0.29) is 18.0 Å². The van der Waals surface area contributed by atoms with Gasteiger partial charge in [0.05, 0.1) is 6.61 Å². The summed E-state index contributed by atoms with van der Waals surface area (Å²) in [4.78, 5) is 37.7. The molecule has 0 bridgehead atoms. The Labute approximate surface area is 249 Å². The molecule has 0 saturated carbocycles. The SMILES string of the molecule is CCOC(=O)/C=C\C(=O)OC1(c2cccc(C(C)(C)CCC(=O)OC3(c4ccccc4)CCNCC3)c2)CCNCC1. The van der Waals surface area contributed by atoms with Gasteiger partial charge in [0, 0.05) is 44.3 Å². The standard InChI is InChI=1S/C34H44N2O6/c1-4-40-29(37)13-14-30(38)41-34(19-23-36-24-20-34)28-12-8-11-27(25-28)32(2,3)16-15-31(39)42-33(17-21-35-22-18-33)26-9-6-5-7-10-26/h5-14,25,35-36H,4,15-24H2,1-3H3/b14-13-. The van der Waals surface area contributed by atoms with Gasteiger partial charge < -0.3 is 24.8 Å². The second kappa shape index (κ2) is 14.1. The van der Waals surface area contributed by atoms with Crippen LogP contribution in [0, 0.1) is 0 Å². The zero-order chi connectivity index (χ0) is 30.1. The fraction of sp³-hybridized carbons (Fsp3) is 0.500. The first kappa shape index (κ1) is 31.4. The van der Waals surface area contributed by atoms with E-state index in [0.717, 1.165) is 54.8 Å². The fourth-order valence-corrected chi connectivity index (χ4v) is 5.91. The first-order valence-electron chi connectivity index (χ1n) is 15.1. The number of ether oxygens (including phenoxy) is 3. The molecule has 8 nitrogen and oxygen atoms in total. The van der Waals surface area contributed by atoms with Crippen molar-refractivity contribution in [3.8, 4) is 0 Å². The Morgan fingerprint density at radius 1 is 0.786 bits per heavy atom. The number of rotatable bonds is 11. The summed E-state index contributed by atoms with van der Waals surface area (Å²) in [5, 5.41) is 6.71. The van der Waals surface area contributed by atoms with Crippen LogP contribution in [0.3, 0.4) is 0 Å². The lowest BCUT2D eigenvalue weighted by Crippen LogP contribution is -2.43. The lowest BCUT2D eigenvalue weighted by molar-refractivity contribution is -0.165. The summed E-state index contributed by atoms with van der Waals surface area (Å²) in [6, 6.07) is 18.2. The Kier molecular flexibility index (Phi) is 10.6. The van der Waals surface area contributed by atoms with E-state index in [9.17, 15) is 14.4 Å². The van der Waals surface area contributed by atoms with Crippen LogP contribution in [-0.2, 0) is 45.2 Å². The number of nitrogens with one attached hydrogen (secondary N) is 2. The molecule has 8 heteroatoms. The first-order valence-corrected chi connectivity index (χ1v) is 15.1. The third-order valence-corrected chi connectivity index (χ3v) is 8.49. The van der Waals surface area contributed by atoms with Crippen molar-refractivity contribution in [2.24, 2.45) is 0 Å². The van der Waals surface area contributed by atoms with Gasteiger partial charge in [0.15, 0.2) is 0 Å². The monoisotopic (exact) mass is 576 g/mol. The average Bonchev–Trinajstić information content (AvgIpc) is 3.01.